The van der Waals surface area contributed by atoms with E-state index in [4.69, 9.17) is 0 Å². The Morgan fingerprint density at radius 3 is 2.71 bits per heavy atom. The molecular formula is C10H10F3N. The highest BCUT2D eigenvalue weighted by molar-refractivity contribution is 5.63. The van der Waals surface area contributed by atoms with Gasteiger partial charge in [-0.3, -0.25) is 0 Å². The van der Waals surface area contributed by atoms with E-state index in [2.05, 4.69) is 5.32 Å². The summed E-state index contributed by atoms with van der Waals surface area (Å²) in [6.07, 6.45) is -3.60. The first-order chi connectivity index (χ1) is 6.48. The number of halogens is 3. The van der Waals surface area contributed by atoms with Crippen molar-refractivity contribution >= 4 is 5.69 Å². The molecule has 0 bridgehead atoms. The van der Waals surface area contributed by atoms with E-state index in [0.29, 0.717) is 6.42 Å². The van der Waals surface area contributed by atoms with E-state index in [0.717, 1.165) is 11.6 Å². The fourth-order valence-corrected chi connectivity index (χ4v) is 1.80. The highest BCUT2D eigenvalue weighted by atomic mass is 19.4. The molecule has 76 valence electrons. The van der Waals surface area contributed by atoms with E-state index in [1.807, 2.05) is 6.92 Å². The smallest absolute Gasteiger partial charge is 0.382 e. The molecule has 0 saturated carbocycles. The summed E-state index contributed by atoms with van der Waals surface area (Å²) in [5.41, 5.74) is 0.458. The van der Waals surface area contributed by atoms with E-state index in [-0.39, 0.29) is 11.7 Å². The summed E-state index contributed by atoms with van der Waals surface area (Å²) < 4.78 is 37.6. The van der Waals surface area contributed by atoms with Gasteiger partial charge in [-0.2, -0.15) is 13.2 Å². The first-order valence-electron chi connectivity index (χ1n) is 4.44. The Morgan fingerprint density at radius 2 is 2.07 bits per heavy atom. The maximum atomic E-state index is 12.5. The van der Waals surface area contributed by atoms with Crippen molar-refractivity contribution in [1.29, 1.82) is 0 Å². The second kappa shape index (κ2) is 2.90. The van der Waals surface area contributed by atoms with Crippen LogP contribution in [0.1, 0.15) is 18.1 Å². The summed E-state index contributed by atoms with van der Waals surface area (Å²) in [4.78, 5) is 0. The lowest BCUT2D eigenvalue weighted by molar-refractivity contribution is -0.136. The number of hydrogen-bond acceptors (Lipinski definition) is 1. The molecule has 2 rings (SSSR count). The van der Waals surface area contributed by atoms with Crippen LogP contribution in [0, 0.1) is 0 Å². The molecule has 0 saturated heterocycles. The summed E-state index contributed by atoms with van der Waals surface area (Å²) in [5.74, 6) is 0. The third-order valence-corrected chi connectivity index (χ3v) is 2.37. The first kappa shape index (κ1) is 9.37. The third kappa shape index (κ3) is 1.45. The number of nitrogens with one attached hydrogen (secondary N) is 1. The maximum absolute atomic E-state index is 12.5. The third-order valence-electron chi connectivity index (χ3n) is 2.37. The quantitative estimate of drug-likeness (QED) is 0.680. The van der Waals surface area contributed by atoms with Crippen molar-refractivity contribution in [2.45, 2.75) is 25.6 Å². The van der Waals surface area contributed by atoms with Gasteiger partial charge in [0, 0.05) is 11.7 Å². The number of hydrogen-bond donors (Lipinski definition) is 1. The van der Waals surface area contributed by atoms with Crippen molar-refractivity contribution < 1.29 is 13.2 Å². The normalized spacial score (nSPS) is 20.4. The van der Waals surface area contributed by atoms with Gasteiger partial charge >= 0.3 is 6.18 Å². The largest absolute Gasteiger partial charge is 0.418 e. The minimum atomic E-state index is -4.26. The lowest BCUT2D eigenvalue weighted by Gasteiger charge is -2.12. The summed E-state index contributed by atoms with van der Waals surface area (Å²) in [6, 6.07) is 4.40. The van der Waals surface area contributed by atoms with Gasteiger partial charge in [-0.1, -0.05) is 12.1 Å². The van der Waals surface area contributed by atoms with Crippen LogP contribution in [0.5, 0.6) is 0 Å². The summed E-state index contributed by atoms with van der Waals surface area (Å²) in [5, 5.41) is 2.85. The number of para-hydroxylation sites is 1. The highest BCUT2D eigenvalue weighted by Crippen LogP contribution is 2.39. The lowest BCUT2D eigenvalue weighted by Crippen LogP contribution is -2.12. The Morgan fingerprint density at radius 1 is 1.36 bits per heavy atom. The number of benzene rings is 1. The summed E-state index contributed by atoms with van der Waals surface area (Å²) >= 11 is 0. The maximum Gasteiger partial charge on any atom is 0.418 e. The van der Waals surface area contributed by atoms with Crippen LogP contribution in [0.15, 0.2) is 18.2 Å². The van der Waals surface area contributed by atoms with E-state index in [1.54, 1.807) is 6.07 Å². The van der Waals surface area contributed by atoms with Crippen LogP contribution >= 0.6 is 0 Å². The highest BCUT2D eigenvalue weighted by Gasteiger charge is 2.36. The Balaban J connectivity index is 2.50. The Kier molecular flexibility index (Phi) is 1.94. The van der Waals surface area contributed by atoms with Crippen molar-refractivity contribution in [3.8, 4) is 0 Å². The molecule has 0 fully saturated rings. The van der Waals surface area contributed by atoms with E-state index >= 15 is 0 Å². The van der Waals surface area contributed by atoms with Gasteiger partial charge in [0.2, 0.25) is 0 Å². The second-order valence-corrected chi connectivity index (χ2v) is 3.59. The van der Waals surface area contributed by atoms with E-state index in [9.17, 15) is 13.2 Å². The van der Waals surface area contributed by atoms with Crippen LogP contribution in [0.2, 0.25) is 0 Å². The summed E-state index contributed by atoms with van der Waals surface area (Å²) in [7, 11) is 0. The van der Waals surface area contributed by atoms with Gasteiger partial charge in [-0.05, 0) is 25.0 Å². The second-order valence-electron chi connectivity index (χ2n) is 3.59. The molecule has 1 N–H and O–H groups in total. The van der Waals surface area contributed by atoms with Crippen molar-refractivity contribution in [1.82, 2.24) is 0 Å². The zero-order chi connectivity index (χ0) is 10.3. The van der Waals surface area contributed by atoms with Gasteiger partial charge in [0.25, 0.3) is 0 Å². The Bertz CT molecular complexity index is 357. The van der Waals surface area contributed by atoms with Crippen LogP contribution in [0.3, 0.4) is 0 Å². The molecule has 14 heavy (non-hydrogen) atoms. The number of anilines is 1. The molecule has 1 aliphatic heterocycles. The molecular weight excluding hydrogens is 191 g/mol. The molecule has 0 aliphatic carbocycles. The molecule has 4 heteroatoms. The molecule has 0 radical (unpaired) electrons. The first-order valence-corrected chi connectivity index (χ1v) is 4.44. The molecule has 1 aromatic carbocycles. The van der Waals surface area contributed by atoms with Crippen molar-refractivity contribution in [3.63, 3.8) is 0 Å². The van der Waals surface area contributed by atoms with Gasteiger partial charge in [0.15, 0.2) is 0 Å². The number of rotatable bonds is 0. The Hall–Kier alpha value is -1.19. The zero-order valence-electron chi connectivity index (χ0n) is 7.65. The van der Waals surface area contributed by atoms with Crippen molar-refractivity contribution in [2.24, 2.45) is 0 Å². The predicted octanol–water partition coefficient (Wildman–Crippen LogP) is 3.06. The molecule has 1 nitrogen and oxygen atoms in total. The minimum absolute atomic E-state index is 0.0912. The van der Waals surface area contributed by atoms with Gasteiger partial charge in [-0.15, -0.1) is 0 Å². The minimum Gasteiger partial charge on any atom is -0.382 e. The molecule has 1 unspecified atom stereocenters. The molecule has 0 aromatic heterocycles. The molecule has 1 aliphatic rings. The molecule has 0 spiro atoms. The Labute approximate surface area is 79.9 Å². The molecule has 0 amide bonds. The molecule has 1 heterocycles. The van der Waals surface area contributed by atoms with Crippen molar-refractivity contribution in [3.05, 3.63) is 29.3 Å². The van der Waals surface area contributed by atoms with Crippen LogP contribution in [0.4, 0.5) is 18.9 Å². The fourth-order valence-electron chi connectivity index (χ4n) is 1.80. The average Bonchev–Trinajstić information content (AvgIpc) is 2.41. The van der Waals surface area contributed by atoms with E-state index in [1.165, 1.54) is 6.07 Å². The fraction of sp³-hybridized carbons (Fsp3) is 0.400. The number of alkyl halides is 3. The van der Waals surface area contributed by atoms with E-state index < -0.39 is 11.7 Å². The van der Waals surface area contributed by atoms with Gasteiger partial charge in [-0.25, -0.2) is 0 Å². The van der Waals surface area contributed by atoms with Crippen molar-refractivity contribution in [2.75, 3.05) is 5.32 Å². The zero-order valence-corrected chi connectivity index (χ0v) is 7.65. The monoisotopic (exact) mass is 201 g/mol. The average molecular weight is 201 g/mol. The van der Waals surface area contributed by atoms with Gasteiger partial charge in [0.05, 0.1) is 5.56 Å². The van der Waals surface area contributed by atoms with Crippen LogP contribution < -0.4 is 5.32 Å². The lowest BCUT2D eigenvalue weighted by atomic mass is 10.1. The standard InChI is InChI=1S/C10H10F3N/c1-6-5-7-3-2-4-8(9(7)14-6)10(11,12)13/h2-4,6,14H,5H2,1H3. The molecule has 1 atom stereocenters. The SMILES string of the molecule is CC1Cc2cccc(C(F)(F)F)c2N1. The predicted molar refractivity (Wildman–Crippen MR) is 48.2 cm³/mol. The van der Waals surface area contributed by atoms with Crippen LogP contribution in [-0.2, 0) is 12.6 Å². The van der Waals surface area contributed by atoms with Gasteiger partial charge in [0.1, 0.15) is 0 Å². The van der Waals surface area contributed by atoms with Crippen LogP contribution in [-0.4, -0.2) is 6.04 Å². The number of fused-ring (bicyclic) bond motifs is 1. The topological polar surface area (TPSA) is 12.0 Å². The van der Waals surface area contributed by atoms with Crippen LogP contribution in [0.25, 0.3) is 0 Å². The molecule has 1 aromatic rings. The van der Waals surface area contributed by atoms with Gasteiger partial charge < -0.3 is 5.32 Å². The summed E-state index contributed by atoms with van der Waals surface area (Å²) in [6.45, 7) is 1.88.